The topological polar surface area (TPSA) is 75.4 Å². The maximum atomic E-state index is 10.6. The molecule has 0 fully saturated rings. The van der Waals surface area contributed by atoms with Crippen LogP contribution in [0.5, 0.6) is 0 Å². The molecule has 2 rings (SSSR count). The second-order valence-corrected chi connectivity index (χ2v) is 3.85. The first-order chi connectivity index (χ1) is 8.70. The van der Waals surface area contributed by atoms with E-state index in [0.717, 1.165) is 12.1 Å². The van der Waals surface area contributed by atoms with Crippen molar-refractivity contribution in [2.45, 2.75) is 19.9 Å². The van der Waals surface area contributed by atoms with E-state index in [-0.39, 0.29) is 5.69 Å². The molecule has 2 aromatic rings. The van der Waals surface area contributed by atoms with Gasteiger partial charge in [0.25, 0.3) is 0 Å². The van der Waals surface area contributed by atoms with Crippen LogP contribution < -0.4 is 5.32 Å². The fraction of sp³-hybridized carbons (Fsp3) is 0.231. The summed E-state index contributed by atoms with van der Waals surface area (Å²) in [5, 5.41) is 15.4. The molecular formula is C13H14N2O3. The highest BCUT2D eigenvalue weighted by molar-refractivity contribution is 5.85. The number of rotatable bonds is 5. The number of carboxylic acids is 1. The highest BCUT2D eigenvalue weighted by Crippen LogP contribution is 2.16. The zero-order valence-corrected chi connectivity index (χ0v) is 10.0. The average molecular weight is 246 g/mol. The third-order valence-electron chi connectivity index (χ3n) is 2.63. The molecular weight excluding hydrogens is 232 g/mol. The van der Waals surface area contributed by atoms with E-state index in [2.05, 4.69) is 17.4 Å². The lowest BCUT2D eigenvalue weighted by atomic mass is 10.1. The fourth-order valence-corrected chi connectivity index (χ4v) is 1.68. The molecule has 0 unspecified atom stereocenters. The third-order valence-corrected chi connectivity index (χ3v) is 2.63. The molecule has 0 aliphatic heterocycles. The lowest BCUT2D eigenvalue weighted by Gasteiger charge is -2.08. The first kappa shape index (κ1) is 12.2. The van der Waals surface area contributed by atoms with E-state index in [1.165, 1.54) is 11.6 Å². The molecule has 1 aromatic heterocycles. The minimum atomic E-state index is -1.08. The minimum absolute atomic E-state index is 0.0735. The van der Waals surface area contributed by atoms with Crippen LogP contribution in [0.1, 0.15) is 28.7 Å². The van der Waals surface area contributed by atoms with Crippen LogP contribution in [-0.2, 0) is 13.0 Å². The van der Waals surface area contributed by atoms with Gasteiger partial charge in [0, 0.05) is 11.8 Å². The van der Waals surface area contributed by atoms with Crippen LogP contribution in [0.25, 0.3) is 0 Å². The Bertz CT molecular complexity index is 549. The van der Waals surface area contributed by atoms with Crippen molar-refractivity contribution in [3.63, 3.8) is 0 Å². The Labute approximate surface area is 104 Å². The molecule has 0 saturated carbocycles. The number of nitrogens with one attached hydrogen (secondary N) is 1. The Balaban J connectivity index is 2.04. The SMILES string of the molecule is CCc1ccccc1NCc1cc(C(=O)O)no1. The van der Waals surface area contributed by atoms with Crippen LogP contribution in [0.2, 0.25) is 0 Å². The second kappa shape index (κ2) is 5.35. The molecule has 0 aliphatic carbocycles. The van der Waals surface area contributed by atoms with E-state index in [9.17, 15) is 4.79 Å². The van der Waals surface area contributed by atoms with Crippen LogP contribution in [0.15, 0.2) is 34.9 Å². The van der Waals surface area contributed by atoms with Gasteiger partial charge in [-0.2, -0.15) is 0 Å². The number of nitrogens with zero attached hydrogens (tertiary/aromatic N) is 1. The Morgan fingerprint density at radius 3 is 2.89 bits per heavy atom. The molecule has 5 heteroatoms. The number of benzene rings is 1. The van der Waals surface area contributed by atoms with Crippen LogP contribution in [0.4, 0.5) is 5.69 Å². The number of aromatic carboxylic acids is 1. The van der Waals surface area contributed by atoms with Crippen molar-refractivity contribution < 1.29 is 14.4 Å². The van der Waals surface area contributed by atoms with Crippen molar-refractivity contribution >= 4 is 11.7 Å². The lowest BCUT2D eigenvalue weighted by Crippen LogP contribution is -2.01. The van der Waals surface area contributed by atoms with Crippen molar-refractivity contribution in [3.8, 4) is 0 Å². The van der Waals surface area contributed by atoms with Gasteiger partial charge in [-0.1, -0.05) is 30.3 Å². The van der Waals surface area contributed by atoms with E-state index in [1.807, 2.05) is 24.3 Å². The number of carboxylic acid groups (broad SMARTS) is 1. The molecule has 0 saturated heterocycles. The van der Waals surface area contributed by atoms with Gasteiger partial charge in [0.05, 0.1) is 6.54 Å². The molecule has 0 amide bonds. The number of hydrogen-bond acceptors (Lipinski definition) is 4. The standard InChI is InChI=1S/C13H14N2O3/c1-2-9-5-3-4-6-11(9)14-8-10-7-12(13(16)17)15-18-10/h3-7,14H,2,8H2,1H3,(H,16,17). The highest BCUT2D eigenvalue weighted by atomic mass is 16.5. The van der Waals surface area contributed by atoms with Gasteiger partial charge in [-0.3, -0.25) is 0 Å². The smallest absolute Gasteiger partial charge is 0.358 e. The molecule has 94 valence electrons. The molecule has 5 nitrogen and oxygen atoms in total. The predicted octanol–water partition coefficient (Wildman–Crippen LogP) is 2.55. The maximum Gasteiger partial charge on any atom is 0.358 e. The lowest BCUT2D eigenvalue weighted by molar-refractivity contribution is 0.0685. The maximum absolute atomic E-state index is 10.6. The zero-order valence-electron chi connectivity index (χ0n) is 10.0. The molecule has 2 N–H and O–H groups in total. The van der Waals surface area contributed by atoms with Gasteiger partial charge in [-0.15, -0.1) is 0 Å². The summed E-state index contributed by atoms with van der Waals surface area (Å²) in [6.07, 6.45) is 0.931. The van der Waals surface area contributed by atoms with Crippen molar-refractivity contribution in [1.82, 2.24) is 5.16 Å². The normalized spacial score (nSPS) is 10.3. The van der Waals surface area contributed by atoms with Crippen molar-refractivity contribution in [2.75, 3.05) is 5.32 Å². The van der Waals surface area contributed by atoms with Gasteiger partial charge in [0.15, 0.2) is 11.5 Å². The first-order valence-corrected chi connectivity index (χ1v) is 5.71. The van der Waals surface area contributed by atoms with Gasteiger partial charge in [0.2, 0.25) is 0 Å². The summed E-state index contributed by atoms with van der Waals surface area (Å²) in [5.74, 6) is -0.586. The van der Waals surface area contributed by atoms with Crippen LogP contribution in [0.3, 0.4) is 0 Å². The fourth-order valence-electron chi connectivity index (χ4n) is 1.68. The molecule has 0 atom stereocenters. The largest absolute Gasteiger partial charge is 0.476 e. The van der Waals surface area contributed by atoms with Gasteiger partial charge in [-0.25, -0.2) is 4.79 Å². The molecule has 0 bridgehead atoms. The predicted molar refractivity (Wildman–Crippen MR) is 66.6 cm³/mol. The highest BCUT2D eigenvalue weighted by Gasteiger charge is 2.10. The Kier molecular flexibility index (Phi) is 3.62. The number of para-hydroxylation sites is 1. The first-order valence-electron chi connectivity index (χ1n) is 5.71. The van der Waals surface area contributed by atoms with E-state index in [1.54, 1.807) is 0 Å². The van der Waals surface area contributed by atoms with Gasteiger partial charge < -0.3 is 14.9 Å². The van der Waals surface area contributed by atoms with E-state index < -0.39 is 5.97 Å². The van der Waals surface area contributed by atoms with Crippen LogP contribution >= 0.6 is 0 Å². The number of anilines is 1. The zero-order chi connectivity index (χ0) is 13.0. The van der Waals surface area contributed by atoms with Gasteiger partial charge in [-0.05, 0) is 18.1 Å². The third kappa shape index (κ3) is 2.68. The number of carbonyl (C=O) groups is 1. The average Bonchev–Trinajstić information content (AvgIpc) is 2.85. The summed E-state index contributed by atoms with van der Waals surface area (Å²) in [4.78, 5) is 10.6. The quantitative estimate of drug-likeness (QED) is 0.847. The second-order valence-electron chi connectivity index (χ2n) is 3.85. The monoisotopic (exact) mass is 246 g/mol. The molecule has 18 heavy (non-hydrogen) atoms. The number of hydrogen-bond donors (Lipinski definition) is 2. The molecule has 0 spiro atoms. The molecule has 0 aliphatic rings. The van der Waals surface area contributed by atoms with Gasteiger partial charge >= 0.3 is 5.97 Å². The molecule has 0 radical (unpaired) electrons. The van der Waals surface area contributed by atoms with E-state index in [0.29, 0.717) is 12.3 Å². The van der Waals surface area contributed by atoms with Crippen LogP contribution in [0, 0.1) is 0 Å². The van der Waals surface area contributed by atoms with Crippen LogP contribution in [-0.4, -0.2) is 16.2 Å². The number of aryl methyl sites for hydroxylation is 1. The van der Waals surface area contributed by atoms with Crippen molar-refractivity contribution in [2.24, 2.45) is 0 Å². The summed E-state index contributed by atoms with van der Waals surface area (Å²) in [5.41, 5.74) is 2.15. The Hall–Kier alpha value is -2.30. The molecule has 1 heterocycles. The Morgan fingerprint density at radius 2 is 2.22 bits per heavy atom. The minimum Gasteiger partial charge on any atom is -0.476 e. The summed E-state index contributed by atoms with van der Waals surface area (Å²) in [6.45, 7) is 2.49. The number of aromatic nitrogens is 1. The van der Waals surface area contributed by atoms with E-state index in [4.69, 9.17) is 9.63 Å². The van der Waals surface area contributed by atoms with E-state index >= 15 is 0 Å². The molecule has 1 aromatic carbocycles. The van der Waals surface area contributed by atoms with Gasteiger partial charge in [0.1, 0.15) is 0 Å². The summed E-state index contributed by atoms with van der Waals surface area (Å²) in [7, 11) is 0. The summed E-state index contributed by atoms with van der Waals surface area (Å²) >= 11 is 0. The Morgan fingerprint density at radius 1 is 1.44 bits per heavy atom. The van der Waals surface area contributed by atoms with Crippen molar-refractivity contribution in [3.05, 3.63) is 47.3 Å². The van der Waals surface area contributed by atoms with Crippen molar-refractivity contribution in [1.29, 1.82) is 0 Å². The summed E-state index contributed by atoms with van der Waals surface area (Å²) < 4.78 is 4.93. The summed E-state index contributed by atoms with van der Waals surface area (Å²) in [6, 6.07) is 9.38.